The third-order valence-corrected chi connectivity index (χ3v) is 4.65. The molecule has 0 atom stereocenters. The quantitative estimate of drug-likeness (QED) is 0.708. The Kier molecular flexibility index (Phi) is 3.89. The lowest BCUT2D eigenvalue weighted by Gasteiger charge is -2.04. The second-order valence-electron chi connectivity index (χ2n) is 5.39. The first-order valence-electron chi connectivity index (χ1n) is 6.89. The van der Waals surface area contributed by atoms with E-state index in [0.29, 0.717) is 15.7 Å². The Hall–Kier alpha value is -1.91. The van der Waals surface area contributed by atoms with Crippen molar-refractivity contribution in [2.24, 2.45) is 0 Å². The van der Waals surface area contributed by atoms with E-state index < -0.39 is 0 Å². The minimum absolute atomic E-state index is 0.238. The van der Waals surface area contributed by atoms with Gasteiger partial charge in [0.15, 0.2) is 5.13 Å². The Morgan fingerprint density at radius 1 is 1.14 bits per heavy atom. The number of thiazole rings is 1. The van der Waals surface area contributed by atoms with Gasteiger partial charge in [-0.2, -0.15) is 0 Å². The number of anilines is 1. The van der Waals surface area contributed by atoms with Crippen LogP contribution in [0.5, 0.6) is 0 Å². The maximum Gasteiger partial charge on any atom is 0.258 e. The van der Waals surface area contributed by atoms with Crippen LogP contribution in [0.2, 0.25) is 5.02 Å². The van der Waals surface area contributed by atoms with Crippen LogP contribution in [0, 0.1) is 20.8 Å². The van der Waals surface area contributed by atoms with Gasteiger partial charge in [0, 0.05) is 0 Å². The fraction of sp³-hybridized carbons (Fsp3) is 0.176. The van der Waals surface area contributed by atoms with E-state index in [9.17, 15) is 4.79 Å². The van der Waals surface area contributed by atoms with E-state index in [1.165, 1.54) is 16.9 Å². The first kappa shape index (κ1) is 15.0. The van der Waals surface area contributed by atoms with Gasteiger partial charge in [0.25, 0.3) is 5.91 Å². The molecule has 0 unspecified atom stereocenters. The van der Waals surface area contributed by atoms with Crippen LogP contribution in [0.1, 0.15) is 27.0 Å². The van der Waals surface area contributed by atoms with Crippen molar-refractivity contribution < 1.29 is 4.79 Å². The summed E-state index contributed by atoms with van der Waals surface area (Å²) in [4.78, 5) is 16.9. The first-order valence-corrected chi connectivity index (χ1v) is 8.09. The van der Waals surface area contributed by atoms with E-state index in [1.54, 1.807) is 12.1 Å². The number of carbonyl (C=O) groups excluding carboxylic acids is 1. The Morgan fingerprint density at radius 3 is 2.64 bits per heavy atom. The topological polar surface area (TPSA) is 42.0 Å². The number of hydrogen-bond acceptors (Lipinski definition) is 3. The average molecular weight is 331 g/mol. The van der Waals surface area contributed by atoms with Gasteiger partial charge < -0.3 is 0 Å². The highest BCUT2D eigenvalue weighted by atomic mass is 35.5. The maximum absolute atomic E-state index is 12.3. The second-order valence-corrected chi connectivity index (χ2v) is 6.82. The van der Waals surface area contributed by atoms with Gasteiger partial charge in [0.1, 0.15) is 0 Å². The zero-order valence-corrected chi connectivity index (χ0v) is 14.1. The third kappa shape index (κ3) is 2.85. The zero-order chi connectivity index (χ0) is 15.9. The molecule has 3 rings (SSSR count). The summed E-state index contributed by atoms with van der Waals surface area (Å²) in [6.45, 7) is 6.01. The summed E-state index contributed by atoms with van der Waals surface area (Å²) in [6.07, 6.45) is 0. The summed E-state index contributed by atoms with van der Waals surface area (Å²) in [5.74, 6) is -0.238. The van der Waals surface area contributed by atoms with Crippen molar-refractivity contribution in [2.45, 2.75) is 20.8 Å². The molecule has 1 heterocycles. The summed E-state index contributed by atoms with van der Waals surface area (Å²) < 4.78 is 1.07. The van der Waals surface area contributed by atoms with Gasteiger partial charge in [-0.05, 0) is 55.7 Å². The maximum atomic E-state index is 12.3. The van der Waals surface area contributed by atoms with Crippen molar-refractivity contribution in [2.75, 3.05) is 5.32 Å². The molecule has 0 spiro atoms. The molecule has 0 aliphatic rings. The molecule has 22 heavy (non-hydrogen) atoms. The molecule has 3 nitrogen and oxygen atoms in total. The van der Waals surface area contributed by atoms with Crippen LogP contribution in [0.4, 0.5) is 5.13 Å². The van der Waals surface area contributed by atoms with Gasteiger partial charge in [-0.1, -0.05) is 35.1 Å². The molecule has 3 aromatic rings. The highest BCUT2D eigenvalue weighted by molar-refractivity contribution is 7.22. The minimum atomic E-state index is -0.238. The minimum Gasteiger partial charge on any atom is -0.298 e. The number of aryl methyl sites for hydroxylation is 3. The lowest BCUT2D eigenvalue weighted by Crippen LogP contribution is -2.12. The number of fused-ring (bicyclic) bond motifs is 1. The standard InChI is InChI=1S/C17H15ClN2OS/c1-9-4-5-12(13(18)7-9)16(21)20-17-19-15-11(3)6-10(2)8-14(15)22-17/h4-8H,1-3H3,(H,19,20,21). The number of hydrogen-bond donors (Lipinski definition) is 1. The van der Waals surface area contributed by atoms with E-state index in [-0.39, 0.29) is 5.91 Å². The van der Waals surface area contributed by atoms with Crippen LogP contribution in [0.3, 0.4) is 0 Å². The highest BCUT2D eigenvalue weighted by Gasteiger charge is 2.14. The number of halogens is 1. The summed E-state index contributed by atoms with van der Waals surface area (Å²) in [5, 5.41) is 3.88. The molecule has 0 bridgehead atoms. The molecule has 0 saturated carbocycles. The van der Waals surface area contributed by atoms with Crippen LogP contribution in [-0.2, 0) is 0 Å². The number of amides is 1. The summed E-state index contributed by atoms with van der Waals surface area (Å²) in [7, 11) is 0. The smallest absolute Gasteiger partial charge is 0.258 e. The summed E-state index contributed by atoms with van der Waals surface area (Å²) in [5.41, 5.74) is 4.71. The Bertz CT molecular complexity index is 886. The molecule has 1 N–H and O–H groups in total. The van der Waals surface area contributed by atoms with Gasteiger partial charge in [0.2, 0.25) is 0 Å². The predicted molar refractivity (Wildman–Crippen MR) is 93.2 cm³/mol. The van der Waals surface area contributed by atoms with Crippen molar-refractivity contribution >= 4 is 44.2 Å². The lowest BCUT2D eigenvalue weighted by atomic mass is 10.1. The Morgan fingerprint density at radius 2 is 1.91 bits per heavy atom. The fourth-order valence-electron chi connectivity index (χ4n) is 2.39. The summed E-state index contributed by atoms with van der Waals surface area (Å²) in [6, 6.07) is 9.55. The van der Waals surface area contributed by atoms with E-state index in [4.69, 9.17) is 11.6 Å². The second kappa shape index (κ2) is 5.71. The SMILES string of the molecule is Cc1ccc(C(=O)Nc2nc3c(C)cc(C)cc3s2)c(Cl)c1. The zero-order valence-electron chi connectivity index (χ0n) is 12.5. The molecule has 0 fully saturated rings. The van der Waals surface area contributed by atoms with Crippen LogP contribution < -0.4 is 5.32 Å². The van der Waals surface area contributed by atoms with Gasteiger partial charge >= 0.3 is 0 Å². The van der Waals surface area contributed by atoms with Crippen LogP contribution in [-0.4, -0.2) is 10.9 Å². The van der Waals surface area contributed by atoms with Gasteiger partial charge in [-0.15, -0.1) is 0 Å². The predicted octanol–water partition coefficient (Wildman–Crippen LogP) is 5.13. The number of carbonyl (C=O) groups is 1. The average Bonchev–Trinajstić information content (AvgIpc) is 2.81. The van der Waals surface area contributed by atoms with Crippen LogP contribution in [0.15, 0.2) is 30.3 Å². The molecule has 0 aliphatic heterocycles. The molecular weight excluding hydrogens is 316 g/mol. The molecule has 0 saturated heterocycles. The number of aromatic nitrogens is 1. The van der Waals surface area contributed by atoms with Crippen molar-refractivity contribution in [3.8, 4) is 0 Å². The third-order valence-electron chi connectivity index (χ3n) is 3.42. The number of benzene rings is 2. The number of nitrogens with one attached hydrogen (secondary N) is 1. The molecule has 5 heteroatoms. The van der Waals surface area contributed by atoms with Crippen molar-refractivity contribution in [3.05, 3.63) is 57.6 Å². The molecule has 1 aromatic heterocycles. The molecule has 0 aliphatic carbocycles. The molecule has 112 valence electrons. The van der Waals surface area contributed by atoms with E-state index >= 15 is 0 Å². The van der Waals surface area contributed by atoms with Crippen LogP contribution >= 0.6 is 22.9 Å². The molecular formula is C17H15ClN2OS. The summed E-state index contributed by atoms with van der Waals surface area (Å²) >= 11 is 7.61. The van der Waals surface area contributed by atoms with Crippen molar-refractivity contribution in [3.63, 3.8) is 0 Å². The van der Waals surface area contributed by atoms with E-state index in [0.717, 1.165) is 21.3 Å². The lowest BCUT2D eigenvalue weighted by molar-refractivity contribution is 0.102. The largest absolute Gasteiger partial charge is 0.298 e. The molecule has 1 amide bonds. The first-order chi connectivity index (χ1) is 10.4. The van der Waals surface area contributed by atoms with Crippen LogP contribution in [0.25, 0.3) is 10.2 Å². The van der Waals surface area contributed by atoms with E-state index in [2.05, 4.69) is 29.4 Å². The molecule has 0 radical (unpaired) electrons. The Labute approximate surface area is 138 Å². The fourth-order valence-corrected chi connectivity index (χ4v) is 3.75. The van der Waals surface area contributed by atoms with Gasteiger partial charge in [0.05, 0.1) is 20.8 Å². The van der Waals surface area contributed by atoms with Crippen molar-refractivity contribution in [1.82, 2.24) is 4.98 Å². The normalized spacial score (nSPS) is 10.9. The van der Waals surface area contributed by atoms with Gasteiger partial charge in [-0.25, -0.2) is 4.98 Å². The number of rotatable bonds is 2. The molecule has 2 aromatic carbocycles. The monoisotopic (exact) mass is 330 g/mol. The van der Waals surface area contributed by atoms with E-state index in [1.807, 2.05) is 19.9 Å². The van der Waals surface area contributed by atoms with Gasteiger partial charge in [-0.3, -0.25) is 10.1 Å². The van der Waals surface area contributed by atoms with Crippen molar-refractivity contribution in [1.29, 1.82) is 0 Å². The Balaban J connectivity index is 1.92. The number of nitrogens with zero attached hydrogens (tertiary/aromatic N) is 1. The highest BCUT2D eigenvalue weighted by Crippen LogP contribution is 2.30.